The molecule has 0 aliphatic carbocycles. The summed E-state index contributed by atoms with van der Waals surface area (Å²) in [6, 6.07) is 1.44. The van der Waals surface area contributed by atoms with Gasteiger partial charge in [0.15, 0.2) is 5.69 Å². The maximum absolute atomic E-state index is 10.7. The highest BCUT2D eigenvalue weighted by Gasteiger charge is 2.10. The Morgan fingerprint density at radius 3 is 3.00 bits per heavy atom. The first kappa shape index (κ1) is 7.27. The Bertz CT molecular complexity index is 245. The maximum Gasteiger partial charge on any atom is 0.360 e. The summed E-state index contributed by atoms with van der Waals surface area (Å²) in [7, 11) is 1.28. The SMILES string of the molecule is COC(=O)c1cc(Br)on1. The molecule has 0 saturated heterocycles. The zero-order chi connectivity index (χ0) is 7.56. The van der Waals surface area contributed by atoms with Gasteiger partial charge in [0.1, 0.15) is 0 Å². The predicted molar refractivity (Wildman–Crippen MR) is 35.5 cm³/mol. The van der Waals surface area contributed by atoms with E-state index in [0.29, 0.717) is 4.67 Å². The van der Waals surface area contributed by atoms with Crippen LogP contribution in [0.2, 0.25) is 0 Å². The summed E-state index contributed by atoms with van der Waals surface area (Å²) in [4.78, 5) is 10.7. The average molecular weight is 206 g/mol. The third-order valence-electron chi connectivity index (χ3n) is 0.876. The van der Waals surface area contributed by atoms with Crippen LogP contribution in [0.5, 0.6) is 0 Å². The van der Waals surface area contributed by atoms with Gasteiger partial charge in [0, 0.05) is 6.07 Å². The maximum atomic E-state index is 10.7. The number of hydrogen-bond donors (Lipinski definition) is 0. The first-order valence-corrected chi connectivity index (χ1v) is 3.24. The van der Waals surface area contributed by atoms with Crippen LogP contribution < -0.4 is 0 Å². The minimum Gasteiger partial charge on any atom is -0.464 e. The molecule has 0 saturated carbocycles. The third-order valence-corrected chi connectivity index (χ3v) is 1.25. The minimum atomic E-state index is -0.505. The van der Waals surface area contributed by atoms with E-state index in [-0.39, 0.29) is 5.69 Å². The molecule has 1 aromatic heterocycles. The van der Waals surface area contributed by atoms with Crippen molar-refractivity contribution in [3.63, 3.8) is 0 Å². The second-order valence-corrected chi connectivity index (χ2v) is 2.29. The molecule has 0 bridgehead atoms. The van der Waals surface area contributed by atoms with Gasteiger partial charge in [-0.2, -0.15) is 0 Å². The molecule has 0 radical (unpaired) electrons. The smallest absolute Gasteiger partial charge is 0.360 e. The lowest BCUT2D eigenvalue weighted by Crippen LogP contribution is -2.00. The van der Waals surface area contributed by atoms with Gasteiger partial charge in [-0.15, -0.1) is 0 Å². The van der Waals surface area contributed by atoms with Crippen LogP contribution in [0.15, 0.2) is 15.3 Å². The Labute approximate surface area is 65.3 Å². The van der Waals surface area contributed by atoms with E-state index in [9.17, 15) is 4.79 Å². The van der Waals surface area contributed by atoms with Crippen molar-refractivity contribution in [2.45, 2.75) is 0 Å². The monoisotopic (exact) mass is 205 g/mol. The Hall–Kier alpha value is -0.840. The Kier molecular flexibility index (Phi) is 2.06. The lowest BCUT2D eigenvalue weighted by Gasteiger charge is -1.88. The zero-order valence-corrected chi connectivity index (χ0v) is 6.71. The lowest BCUT2D eigenvalue weighted by molar-refractivity contribution is 0.0589. The minimum absolute atomic E-state index is 0.161. The van der Waals surface area contributed by atoms with Crippen LogP contribution in [-0.4, -0.2) is 18.2 Å². The summed E-state index contributed by atoms with van der Waals surface area (Å²) in [6.07, 6.45) is 0. The number of carbonyl (C=O) groups is 1. The second kappa shape index (κ2) is 2.83. The van der Waals surface area contributed by atoms with Gasteiger partial charge in [-0.1, -0.05) is 5.16 Å². The number of nitrogens with zero attached hydrogens (tertiary/aromatic N) is 1. The number of methoxy groups -OCH3 is 1. The van der Waals surface area contributed by atoms with E-state index in [0.717, 1.165) is 0 Å². The van der Waals surface area contributed by atoms with E-state index in [1.165, 1.54) is 13.2 Å². The molecule has 0 aromatic carbocycles. The molecule has 54 valence electrons. The second-order valence-electron chi connectivity index (χ2n) is 1.51. The van der Waals surface area contributed by atoms with Crippen molar-refractivity contribution in [2.24, 2.45) is 0 Å². The molecular formula is C5H4BrNO3. The summed E-state index contributed by atoms with van der Waals surface area (Å²) in [5, 5.41) is 3.39. The first-order chi connectivity index (χ1) is 4.74. The quantitative estimate of drug-likeness (QED) is 0.648. The van der Waals surface area contributed by atoms with Crippen molar-refractivity contribution in [3.05, 3.63) is 16.4 Å². The normalized spacial score (nSPS) is 9.40. The van der Waals surface area contributed by atoms with Crippen molar-refractivity contribution in [3.8, 4) is 0 Å². The van der Waals surface area contributed by atoms with Gasteiger partial charge in [0.05, 0.1) is 7.11 Å². The molecule has 0 atom stereocenters. The highest BCUT2D eigenvalue weighted by atomic mass is 79.9. The summed E-state index contributed by atoms with van der Waals surface area (Å²) in [5.41, 5.74) is 0.161. The van der Waals surface area contributed by atoms with Gasteiger partial charge in [0.25, 0.3) is 0 Å². The van der Waals surface area contributed by atoms with Crippen LogP contribution in [0.3, 0.4) is 0 Å². The third kappa shape index (κ3) is 1.36. The zero-order valence-electron chi connectivity index (χ0n) is 5.13. The number of hydrogen-bond acceptors (Lipinski definition) is 4. The number of ether oxygens (including phenoxy) is 1. The Balaban J connectivity index is 2.85. The van der Waals surface area contributed by atoms with Crippen LogP contribution in [-0.2, 0) is 4.74 Å². The standard InChI is InChI=1S/C5H4BrNO3/c1-9-5(8)3-2-4(6)10-7-3/h2H,1H3. The predicted octanol–water partition coefficient (Wildman–Crippen LogP) is 1.22. The molecule has 0 spiro atoms. The fraction of sp³-hybridized carbons (Fsp3) is 0.200. The lowest BCUT2D eigenvalue weighted by atomic mass is 10.4. The summed E-state index contributed by atoms with van der Waals surface area (Å²) in [6.45, 7) is 0. The molecule has 1 rings (SSSR count). The molecule has 5 heteroatoms. The van der Waals surface area contributed by atoms with E-state index in [1.54, 1.807) is 0 Å². The van der Waals surface area contributed by atoms with Crippen molar-refractivity contribution < 1.29 is 14.1 Å². The molecule has 0 fully saturated rings. The molecule has 0 aliphatic heterocycles. The van der Waals surface area contributed by atoms with Crippen LogP contribution >= 0.6 is 15.9 Å². The van der Waals surface area contributed by atoms with E-state index in [2.05, 4.69) is 30.3 Å². The van der Waals surface area contributed by atoms with Crippen molar-refractivity contribution >= 4 is 21.9 Å². The molecular weight excluding hydrogens is 202 g/mol. The van der Waals surface area contributed by atoms with Crippen LogP contribution in [0, 0.1) is 0 Å². The van der Waals surface area contributed by atoms with Crippen LogP contribution in [0.1, 0.15) is 10.5 Å². The number of rotatable bonds is 1. The van der Waals surface area contributed by atoms with Gasteiger partial charge < -0.3 is 9.26 Å². The van der Waals surface area contributed by atoms with E-state index in [4.69, 9.17) is 0 Å². The van der Waals surface area contributed by atoms with Crippen molar-refractivity contribution in [2.75, 3.05) is 7.11 Å². The number of halogens is 1. The van der Waals surface area contributed by atoms with Crippen molar-refractivity contribution in [1.29, 1.82) is 0 Å². The highest BCUT2D eigenvalue weighted by Crippen LogP contribution is 2.10. The molecule has 4 nitrogen and oxygen atoms in total. The molecule has 0 unspecified atom stereocenters. The van der Waals surface area contributed by atoms with Gasteiger partial charge in [-0.25, -0.2) is 4.79 Å². The van der Waals surface area contributed by atoms with E-state index >= 15 is 0 Å². The molecule has 1 heterocycles. The van der Waals surface area contributed by atoms with Gasteiger partial charge in [-0.05, 0) is 15.9 Å². The Morgan fingerprint density at radius 2 is 2.60 bits per heavy atom. The van der Waals surface area contributed by atoms with Crippen molar-refractivity contribution in [1.82, 2.24) is 5.16 Å². The summed E-state index contributed by atoms with van der Waals surface area (Å²) < 4.78 is 9.33. The molecule has 0 aliphatic rings. The first-order valence-electron chi connectivity index (χ1n) is 2.44. The van der Waals surface area contributed by atoms with Gasteiger partial charge in [-0.3, -0.25) is 0 Å². The topological polar surface area (TPSA) is 52.3 Å². The largest absolute Gasteiger partial charge is 0.464 e. The molecule has 0 N–H and O–H groups in total. The Morgan fingerprint density at radius 1 is 1.90 bits per heavy atom. The van der Waals surface area contributed by atoms with Crippen LogP contribution in [0.4, 0.5) is 0 Å². The molecule has 10 heavy (non-hydrogen) atoms. The summed E-state index contributed by atoms with van der Waals surface area (Å²) in [5.74, 6) is -0.505. The fourth-order valence-corrected chi connectivity index (χ4v) is 0.743. The molecule has 0 amide bonds. The summed E-state index contributed by atoms with van der Waals surface area (Å²) >= 11 is 2.99. The number of carbonyl (C=O) groups excluding carboxylic acids is 1. The fourth-order valence-electron chi connectivity index (χ4n) is 0.454. The van der Waals surface area contributed by atoms with E-state index < -0.39 is 5.97 Å². The average Bonchev–Trinajstić information content (AvgIpc) is 2.34. The highest BCUT2D eigenvalue weighted by molar-refractivity contribution is 9.10. The van der Waals surface area contributed by atoms with E-state index in [1.807, 2.05) is 0 Å². The van der Waals surface area contributed by atoms with Crippen LogP contribution in [0.25, 0.3) is 0 Å². The number of aromatic nitrogens is 1. The van der Waals surface area contributed by atoms with Gasteiger partial charge in [0.2, 0.25) is 4.67 Å². The van der Waals surface area contributed by atoms with Gasteiger partial charge >= 0.3 is 5.97 Å². The number of esters is 1. The molecule has 1 aromatic rings.